The van der Waals surface area contributed by atoms with Gasteiger partial charge in [0.15, 0.2) is 0 Å². The first-order valence-corrected chi connectivity index (χ1v) is 6.17. The van der Waals surface area contributed by atoms with Gasteiger partial charge in [-0.05, 0) is 31.1 Å². The highest BCUT2D eigenvalue weighted by molar-refractivity contribution is 4.93. The minimum atomic E-state index is 0.404. The van der Waals surface area contributed by atoms with Crippen molar-refractivity contribution < 1.29 is 14.2 Å². The number of ether oxygens (including phenoxy) is 3. The average Bonchev–Trinajstić information content (AvgIpc) is 2.87. The van der Waals surface area contributed by atoms with E-state index in [-0.39, 0.29) is 0 Å². The minimum absolute atomic E-state index is 0.404. The Labute approximate surface area is 91.1 Å². The Morgan fingerprint density at radius 3 is 2.73 bits per heavy atom. The summed E-state index contributed by atoms with van der Waals surface area (Å²) in [5, 5.41) is 0. The molecule has 3 aliphatic rings. The highest BCUT2D eigenvalue weighted by Crippen LogP contribution is 2.43. The summed E-state index contributed by atoms with van der Waals surface area (Å²) in [5.74, 6) is 1.54. The predicted octanol–water partition coefficient (Wildman–Crippen LogP) is 1.61. The number of hydrogen-bond donors (Lipinski definition) is 0. The second-order valence-corrected chi connectivity index (χ2v) is 5.24. The third kappa shape index (κ3) is 2.19. The standard InChI is InChI=1S/C12H20O3/c1-8-4-12-9(5-11(8)15-12)2-3-13-6-10-7-14-10/h8-12H,2-7H2,1H3. The molecule has 3 nitrogen and oxygen atoms in total. The Morgan fingerprint density at radius 2 is 2.13 bits per heavy atom. The lowest BCUT2D eigenvalue weighted by molar-refractivity contribution is 0.0705. The van der Waals surface area contributed by atoms with E-state index in [1.54, 1.807) is 0 Å². The lowest BCUT2D eigenvalue weighted by atomic mass is 9.82. The topological polar surface area (TPSA) is 31.0 Å². The molecular formula is C12H20O3. The van der Waals surface area contributed by atoms with Gasteiger partial charge in [-0.3, -0.25) is 0 Å². The van der Waals surface area contributed by atoms with Gasteiger partial charge in [0.2, 0.25) is 0 Å². The maximum atomic E-state index is 5.91. The summed E-state index contributed by atoms with van der Waals surface area (Å²) >= 11 is 0. The summed E-state index contributed by atoms with van der Waals surface area (Å²) in [6.45, 7) is 4.88. The van der Waals surface area contributed by atoms with Crippen molar-refractivity contribution in [1.82, 2.24) is 0 Å². The van der Waals surface area contributed by atoms with Crippen LogP contribution in [0.2, 0.25) is 0 Å². The van der Waals surface area contributed by atoms with Crippen LogP contribution in [0.4, 0.5) is 0 Å². The molecule has 0 aliphatic carbocycles. The molecule has 0 aromatic heterocycles. The van der Waals surface area contributed by atoms with Gasteiger partial charge in [0.1, 0.15) is 6.10 Å². The van der Waals surface area contributed by atoms with E-state index in [4.69, 9.17) is 14.2 Å². The van der Waals surface area contributed by atoms with E-state index in [0.29, 0.717) is 18.3 Å². The van der Waals surface area contributed by atoms with Crippen molar-refractivity contribution in [3.05, 3.63) is 0 Å². The third-order valence-corrected chi connectivity index (χ3v) is 3.99. The maximum Gasteiger partial charge on any atom is 0.104 e. The highest BCUT2D eigenvalue weighted by Gasteiger charge is 2.44. The van der Waals surface area contributed by atoms with E-state index in [9.17, 15) is 0 Å². The van der Waals surface area contributed by atoms with Crippen molar-refractivity contribution in [1.29, 1.82) is 0 Å². The van der Waals surface area contributed by atoms with E-state index in [2.05, 4.69) is 6.92 Å². The Hall–Kier alpha value is -0.120. The van der Waals surface area contributed by atoms with Gasteiger partial charge in [-0.2, -0.15) is 0 Å². The van der Waals surface area contributed by atoms with Crippen molar-refractivity contribution >= 4 is 0 Å². The minimum Gasteiger partial charge on any atom is -0.379 e. The summed E-state index contributed by atoms with van der Waals surface area (Å²) in [6.07, 6.45) is 5.18. The summed E-state index contributed by atoms with van der Waals surface area (Å²) in [4.78, 5) is 0. The first-order chi connectivity index (χ1) is 7.33. The molecule has 0 aromatic carbocycles. The summed E-state index contributed by atoms with van der Waals surface area (Å²) in [5.41, 5.74) is 0. The highest BCUT2D eigenvalue weighted by atomic mass is 16.6. The van der Waals surface area contributed by atoms with Crippen molar-refractivity contribution in [2.24, 2.45) is 11.8 Å². The van der Waals surface area contributed by atoms with Gasteiger partial charge in [-0.25, -0.2) is 0 Å². The van der Waals surface area contributed by atoms with E-state index in [1.165, 1.54) is 19.3 Å². The van der Waals surface area contributed by atoms with Crippen LogP contribution in [0.5, 0.6) is 0 Å². The molecule has 0 aromatic rings. The van der Waals surface area contributed by atoms with E-state index in [1.807, 2.05) is 0 Å². The number of fused-ring (bicyclic) bond motifs is 2. The zero-order chi connectivity index (χ0) is 10.3. The summed E-state index contributed by atoms with van der Waals surface area (Å²) in [7, 11) is 0. The van der Waals surface area contributed by atoms with Crippen molar-refractivity contribution in [3.63, 3.8) is 0 Å². The molecule has 3 heterocycles. The second-order valence-electron chi connectivity index (χ2n) is 5.24. The van der Waals surface area contributed by atoms with Gasteiger partial charge in [0.05, 0.1) is 25.4 Å². The van der Waals surface area contributed by atoms with Crippen LogP contribution in [0.15, 0.2) is 0 Å². The largest absolute Gasteiger partial charge is 0.379 e. The maximum absolute atomic E-state index is 5.91. The van der Waals surface area contributed by atoms with E-state index >= 15 is 0 Å². The van der Waals surface area contributed by atoms with Crippen LogP contribution < -0.4 is 0 Å². The Kier molecular flexibility index (Phi) is 2.71. The first kappa shape index (κ1) is 10.1. The van der Waals surface area contributed by atoms with Crippen molar-refractivity contribution in [3.8, 4) is 0 Å². The van der Waals surface area contributed by atoms with Crippen LogP contribution in [0.25, 0.3) is 0 Å². The summed E-state index contributed by atoms with van der Waals surface area (Å²) in [6, 6.07) is 0. The molecule has 3 rings (SSSR count). The molecule has 3 saturated heterocycles. The fraction of sp³-hybridized carbons (Fsp3) is 1.00. The number of rotatable bonds is 5. The van der Waals surface area contributed by atoms with Crippen LogP contribution in [0.3, 0.4) is 0 Å². The Balaban J connectivity index is 1.34. The van der Waals surface area contributed by atoms with Crippen LogP contribution >= 0.6 is 0 Å². The quantitative estimate of drug-likeness (QED) is 0.512. The molecule has 5 unspecified atom stereocenters. The molecule has 0 spiro atoms. The van der Waals surface area contributed by atoms with Gasteiger partial charge < -0.3 is 14.2 Å². The van der Waals surface area contributed by atoms with Crippen LogP contribution in [0, 0.1) is 11.8 Å². The predicted molar refractivity (Wildman–Crippen MR) is 55.7 cm³/mol. The van der Waals surface area contributed by atoms with Gasteiger partial charge in [0, 0.05) is 6.61 Å². The van der Waals surface area contributed by atoms with E-state index in [0.717, 1.165) is 31.7 Å². The van der Waals surface area contributed by atoms with E-state index < -0.39 is 0 Å². The lowest BCUT2D eigenvalue weighted by Gasteiger charge is -2.21. The van der Waals surface area contributed by atoms with Crippen LogP contribution in [-0.2, 0) is 14.2 Å². The van der Waals surface area contributed by atoms with Gasteiger partial charge >= 0.3 is 0 Å². The molecule has 3 heteroatoms. The monoisotopic (exact) mass is 212 g/mol. The molecule has 86 valence electrons. The zero-order valence-corrected chi connectivity index (χ0v) is 9.35. The second kappa shape index (κ2) is 4.04. The molecule has 15 heavy (non-hydrogen) atoms. The van der Waals surface area contributed by atoms with Crippen molar-refractivity contribution in [2.75, 3.05) is 19.8 Å². The molecule has 0 N–H and O–H groups in total. The zero-order valence-electron chi connectivity index (χ0n) is 9.35. The molecule has 5 atom stereocenters. The average molecular weight is 212 g/mol. The van der Waals surface area contributed by atoms with Crippen LogP contribution in [0.1, 0.15) is 26.2 Å². The van der Waals surface area contributed by atoms with Gasteiger partial charge in [0.25, 0.3) is 0 Å². The first-order valence-electron chi connectivity index (χ1n) is 6.17. The smallest absolute Gasteiger partial charge is 0.104 e. The molecule has 0 saturated carbocycles. The lowest BCUT2D eigenvalue weighted by Crippen LogP contribution is -2.22. The Morgan fingerprint density at radius 1 is 1.27 bits per heavy atom. The molecular weight excluding hydrogens is 192 g/mol. The fourth-order valence-electron chi connectivity index (χ4n) is 2.89. The normalized spacial score (nSPS) is 47.4. The molecule has 2 bridgehead atoms. The molecule has 3 aliphatic heterocycles. The Bertz CT molecular complexity index is 225. The number of epoxide rings is 1. The van der Waals surface area contributed by atoms with Gasteiger partial charge in [-0.1, -0.05) is 6.92 Å². The van der Waals surface area contributed by atoms with Crippen molar-refractivity contribution in [2.45, 2.75) is 44.5 Å². The number of hydrogen-bond acceptors (Lipinski definition) is 3. The molecule has 0 amide bonds. The third-order valence-electron chi connectivity index (χ3n) is 3.99. The molecule has 0 radical (unpaired) electrons. The SMILES string of the molecule is CC1CC2OC1CC2CCOCC1CO1. The molecule has 3 fully saturated rings. The summed E-state index contributed by atoms with van der Waals surface area (Å²) < 4.78 is 16.6. The fourth-order valence-corrected chi connectivity index (χ4v) is 2.89. The van der Waals surface area contributed by atoms with Crippen LogP contribution in [-0.4, -0.2) is 38.1 Å². The van der Waals surface area contributed by atoms with Gasteiger partial charge in [-0.15, -0.1) is 0 Å².